The number of rotatable bonds is 12. The number of carbonyl (C=O) groups is 2. The smallest absolute Gasteiger partial charge is 0.239 e. The Morgan fingerprint density at radius 3 is 2.42 bits per heavy atom. The van der Waals surface area contributed by atoms with Crippen molar-refractivity contribution < 1.29 is 9.59 Å². The van der Waals surface area contributed by atoms with E-state index in [-0.39, 0.29) is 23.7 Å². The molecule has 1 heterocycles. The lowest BCUT2D eigenvalue weighted by Gasteiger charge is -2.39. The molecule has 7 heteroatoms. The number of hydrogen-bond acceptors (Lipinski definition) is 3. The van der Waals surface area contributed by atoms with Gasteiger partial charge < -0.3 is 10.2 Å². The van der Waals surface area contributed by atoms with Gasteiger partial charge in [0.1, 0.15) is 6.54 Å². The molecule has 2 aromatic rings. The molecule has 0 saturated carbocycles. The van der Waals surface area contributed by atoms with Gasteiger partial charge in [0, 0.05) is 22.3 Å². The lowest BCUT2D eigenvalue weighted by Crippen LogP contribution is -2.54. The number of benzene rings is 2. The summed E-state index contributed by atoms with van der Waals surface area (Å²) in [4.78, 5) is 25.8. The van der Waals surface area contributed by atoms with Crippen molar-refractivity contribution in [2.24, 2.45) is 0 Å². The topological polar surface area (TPSA) is 49.4 Å². The maximum absolute atomic E-state index is 12.2. The second kappa shape index (κ2) is 12.4. The molecule has 1 unspecified atom stereocenters. The first-order valence-electron chi connectivity index (χ1n) is 10.7. The van der Waals surface area contributed by atoms with E-state index < -0.39 is 0 Å². The first-order valence-corrected chi connectivity index (χ1v) is 12.5. The molecule has 31 heavy (non-hydrogen) atoms. The number of likely N-dealkylation sites (tertiary alicyclic amines) is 1. The van der Waals surface area contributed by atoms with Crippen LogP contribution in [0.15, 0.2) is 48.5 Å². The number of hydrogen-bond donors (Lipinski definition) is 1. The number of unbranched alkanes of at least 4 members (excludes halogenated alkanes) is 3. The highest BCUT2D eigenvalue weighted by atomic mass is 35.5. The van der Waals surface area contributed by atoms with E-state index in [1.807, 2.05) is 30.3 Å². The van der Waals surface area contributed by atoms with Crippen LogP contribution in [0.25, 0.3) is 0 Å². The second-order valence-electron chi connectivity index (χ2n) is 7.77. The first kappa shape index (κ1) is 24.0. The summed E-state index contributed by atoms with van der Waals surface area (Å²) < 4.78 is 0. The van der Waals surface area contributed by atoms with Crippen molar-refractivity contribution in [3.63, 3.8) is 0 Å². The van der Waals surface area contributed by atoms with Crippen LogP contribution < -0.4 is 5.32 Å². The SMILES string of the molecule is O=C(CN1C(=O)CC1SCc1ccccc1)NCCCCCCc1cc(Cl)cc(Cl)c1. The molecule has 0 bridgehead atoms. The molecule has 2 aromatic carbocycles. The summed E-state index contributed by atoms with van der Waals surface area (Å²) in [7, 11) is 0. The zero-order valence-corrected chi connectivity index (χ0v) is 19.8. The molecule has 0 aromatic heterocycles. The average molecular weight is 479 g/mol. The van der Waals surface area contributed by atoms with Crippen LogP contribution in [0.1, 0.15) is 43.2 Å². The van der Waals surface area contributed by atoms with E-state index in [1.54, 1.807) is 22.7 Å². The summed E-state index contributed by atoms with van der Waals surface area (Å²) in [6.07, 6.45) is 5.60. The molecule has 1 aliphatic heterocycles. The predicted molar refractivity (Wildman–Crippen MR) is 129 cm³/mol. The highest BCUT2D eigenvalue weighted by Gasteiger charge is 2.37. The quantitative estimate of drug-likeness (QED) is 0.314. The summed E-state index contributed by atoms with van der Waals surface area (Å²) >= 11 is 13.8. The molecule has 1 aliphatic rings. The Hall–Kier alpha value is -1.69. The number of halogens is 2. The molecule has 2 amide bonds. The fraction of sp³-hybridized carbons (Fsp3) is 0.417. The average Bonchev–Trinajstić information content (AvgIpc) is 2.74. The van der Waals surface area contributed by atoms with Gasteiger partial charge in [0.15, 0.2) is 0 Å². The standard InChI is InChI=1S/C24H28Cl2N2O2S/c25-20-12-19(13-21(26)14-20)10-4-1-2-7-11-27-22(29)16-28-23(30)15-24(28)31-17-18-8-5-3-6-9-18/h3,5-6,8-9,12-14,24H,1-2,4,7,10-11,15-17H2,(H,27,29). The van der Waals surface area contributed by atoms with Crippen molar-refractivity contribution in [1.29, 1.82) is 0 Å². The Labute approximate surface area is 198 Å². The van der Waals surface area contributed by atoms with E-state index in [0.29, 0.717) is 23.0 Å². The monoisotopic (exact) mass is 478 g/mol. The Bertz CT molecular complexity index is 859. The van der Waals surface area contributed by atoms with Crippen molar-refractivity contribution in [2.75, 3.05) is 13.1 Å². The van der Waals surface area contributed by atoms with E-state index >= 15 is 0 Å². The van der Waals surface area contributed by atoms with Gasteiger partial charge in [-0.15, -0.1) is 11.8 Å². The van der Waals surface area contributed by atoms with E-state index in [0.717, 1.165) is 43.4 Å². The van der Waals surface area contributed by atoms with Gasteiger partial charge in [-0.05, 0) is 48.6 Å². The van der Waals surface area contributed by atoms with E-state index in [4.69, 9.17) is 23.2 Å². The zero-order valence-electron chi connectivity index (χ0n) is 17.5. The summed E-state index contributed by atoms with van der Waals surface area (Å²) in [6, 6.07) is 15.8. The van der Waals surface area contributed by atoms with E-state index in [1.165, 1.54) is 5.56 Å². The number of thioether (sulfide) groups is 1. The normalized spacial score (nSPS) is 15.6. The lowest BCUT2D eigenvalue weighted by molar-refractivity contribution is -0.145. The minimum absolute atomic E-state index is 0.0573. The lowest BCUT2D eigenvalue weighted by atomic mass is 10.1. The number of nitrogens with one attached hydrogen (secondary N) is 1. The largest absolute Gasteiger partial charge is 0.355 e. The van der Waals surface area contributed by atoms with Crippen LogP contribution in [-0.2, 0) is 21.8 Å². The number of carbonyl (C=O) groups excluding carboxylic acids is 2. The van der Waals surface area contributed by atoms with Crippen LogP contribution in [0, 0.1) is 0 Å². The predicted octanol–water partition coefficient (Wildman–Crippen LogP) is 5.70. The molecule has 0 aliphatic carbocycles. The highest BCUT2D eigenvalue weighted by Crippen LogP contribution is 2.31. The Balaban J connectivity index is 1.25. The third kappa shape index (κ3) is 8.06. The number of amides is 2. The Kier molecular flexibility index (Phi) is 9.56. The van der Waals surface area contributed by atoms with Gasteiger partial charge >= 0.3 is 0 Å². The molecule has 1 N–H and O–H groups in total. The van der Waals surface area contributed by atoms with Crippen molar-refractivity contribution in [1.82, 2.24) is 10.2 Å². The maximum atomic E-state index is 12.2. The van der Waals surface area contributed by atoms with Crippen LogP contribution in [0.4, 0.5) is 0 Å². The molecule has 1 atom stereocenters. The van der Waals surface area contributed by atoms with Crippen LogP contribution in [0.2, 0.25) is 10.0 Å². The minimum Gasteiger partial charge on any atom is -0.355 e. The van der Waals surface area contributed by atoms with Crippen molar-refractivity contribution >= 4 is 46.8 Å². The molecular weight excluding hydrogens is 451 g/mol. The van der Waals surface area contributed by atoms with Crippen LogP contribution in [0.3, 0.4) is 0 Å². The minimum atomic E-state index is -0.0769. The number of aryl methyl sites for hydroxylation is 1. The maximum Gasteiger partial charge on any atom is 0.239 e. The molecule has 0 spiro atoms. The molecule has 4 nitrogen and oxygen atoms in total. The first-order chi connectivity index (χ1) is 15.0. The molecule has 166 valence electrons. The fourth-order valence-corrected chi connectivity index (χ4v) is 5.31. The Morgan fingerprint density at radius 1 is 1.00 bits per heavy atom. The molecule has 1 fully saturated rings. The van der Waals surface area contributed by atoms with Crippen LogP contribution in [-0.4, -0.2) is 35.2 Å². The van der Waals surface area contributed by atoms with Gasteiger partial charge in [0.25, 0.3) is 0 Å². The molecular formula is C24H28Cl2N2O2S. The second-order valence-corrected chi connectivity index (χ2v) is 9.81. The van der Waals surface area contributed by atoms with E-state index in [2.05, 4.69) is 17.4 Å². The van der Waals surface area contributed by atoms with E-state index in [9.17, 15) is 9.59 Å². The molecule has 3 rings (SSSR count). The van der Waals surface area contributed by atoms with Gasteiger partial charge in [-0.3, -0.25) is 9.59 Å². The third-order valence-corrected chi connectivity index (χ3v) is 7.00. The van der Waals surface area contributed by atoms with Crippen molar-refractivity contribution in [3.05, 3.63) is 69.7 Å². The van der Waals surface area contributed by atoms with Crippen LogP contribution in [0.5, 0.6) is 0 Å². The summed E-state index contributed by atoms with van der Waals surface area (Å²) in [5.74, 6) is 0.826. The number of nitrogens with zero attached hydrogens (tertiary/aromatic N) is 1. The summed E-state index contributed by atoms with van der Waals surface area (Å²) in [5, 5.41) is 4.38. The third-order valence-electron chi connectivity index (χ3n) is 5.25. The highest BCUT2D eigenvalue weighted by molar-refractivity contribution is 7.99. The zero-order chi connectivity index (χ0) is 22.1. The van der Waals surface area contributed by atoms with Gasteiger partial charge in [-0.25, -0.2) is 0 Å². The van der Waals surface area contributed by atoms with Gasteiger partial charge in [0.05, 0.1) is 11.8 Å². The van der Waals surface area contributed by atoms with Crippen molar-refractivity contribution in [2.45, 2.75) is 49.7 Å². The summed E-state index contributed by atoms with van der Waals surface area (Å²) in [6.45, 7) is 0.798. The van der Waals surface area contributed by atoms with Crippen LogP contribution >= 0.6 is 35.0 Å². The number of β-lactam (4-membered cyclic amide) rings is 1. The molecule has 1 saturated heterocycles. The summed E-state index contributed by atoms with van der Waals surface area (Å²) in [5.41, 5.74) is 2.39. The fourth-order valence-electron chi connectivity index (χ4n) is 3.53. The Morgan fingerprint density at radius 2 is 1.71 bits per heavy atom. The van der Waals surface area contributed by atoms with Gasteiger partial charge in [-0.2, -0.15) is 0 Å². The van der Waals surface area contributed by atoms with Crippen molar-refractivity contribution in [3.8, 4) is 0 Å². The van der Waals surface area contributed by atoms with Gasteiger partial charge in [-0.1, -0.05) is 66.4 Å². The molecule has 0 radical (unpaired) electrons. The van der Waals surface area contributed by atoms with Gasteiger partial charge in [0.2, 0.25) is 11.8 Å².